The smallest absolute Gasteiger partial charge is 0.348 e. The minimum absolute atomic E-state index is 0.107. The number of rotatable bonds is 7. The molecule has 2 aromatic rings. The van der Waals surface area contributed by atoms with E-state index >= 15 is 0 Å². The molecule has 0 unspecified atom stereocenters. The van der Waals surface area contributed by atoms with E-state index in [0.29, 0.717) is 17.0 Å². The number of hydroxylamine groups is 2. The number of amides is 1. The Bertz CT molecular complexity index is 713. The van der Waals surface area contributed by atoms with Crippen LogP contribution < -0.4 is 0 Å². The Kier molecular flexibility index (Phi) is 6.48. The van der Waals surface area contributed by atoms with Gasteiger partial charge in [0.15, 0.2) is 0 Å². The average Bonchev–Trinajstić information content (AvgIpc) is 3.05. The number of esters is 1. The van der Waals surface area contributed by atoms with Crippen LogP contribution in [-0.2, 0) is 21.0 Å². The molecule has 24 heavy (non-hydrogen) atoms. The van der Waals surface area contributed by atoms with Crippen molar-refractivity contribution in [1.82, 2.24) is 5.23 Å². The molecule has 0 spiro atoms. The van der Waals surface area contributed by atoms with Crippen LogP contribution in [-0.4, -0.2) is 30.8 Å². The summed E-state index contributed by atoms with van der Waals surface area (Å²) in [5, 5.41) is 0.839. The van der Waals surface area contributed by atoms with Gasteiger partial charge in [0, 0.05) is 10.4 Å². The number of carbonyl (C=O) groups is 2. The predicted molar refractivity (Wildman–Crippen MR) is 89.4 cm³/mol. The topological polar surface area (TPSA) is 65.1 Å². The van der Waals surface area contributed by atoms with Gasteiger partial charge in [-0.15, -0.1) is 11.3 Å². The van der Waals surface area contributed by atoms with Crippen LogP contribution in [0.1, 0.15) is 37.4 Å². The van der Waals surface area contributed by atoms with E-state index in [0.717, 1.165) is 15.7 Å². The van der Waals surface area contributed by atoms with Gasteiger partial charge in [0.2, 0.25) is 0 Å². The van der Waals surface area contributed by atoms with Gasteiger partial charge in [0.1, 0.15) is 11.5 Å². The highest BCUT2D eigenvalue weighted by atomic mass is 32.1. The lowest BCUT2D eigenvalue weighted by Gasteiger charge is -2.19. The maximum absolute atomic E-state index is 12.4. The zero-order valence-corrected chi connectivity index (χ0v) is 14.6. The summed E-state index contributed by atoms with van der Waals surface area (Å²) < 4.78 is 4.94. The SMILES string of the molecule is CCOC(=O)c1ccc(CON(OC)C(=O)c2ccccc2C)s1. The van der Waals surface area contributed by atoms with Gasteiger partial charge in [-0.1, -0.05) is 23.4 Å². The van der Waals surface area contributed by atoms with Gasteiger partial charge in [0.05, 0.1) is 13.7 Å². The number of aryl methyl sites for hydroxylation is 1. The second-order valence-corrected chi connectivity index (χ2v) is 5.99. The van der Waals surface area contributed by atoms with Crippen LogP contribution in [0.5, 0.6) is 0 Å². The molecule has 0 radical (unpaired) electrons. The molecule has 0 N–H and O–H groups in total. The maximum Gasteiger partial charge on any atom is 0.348 e. The van der Waals surface area contributed by atoms with E-state index in [2.05, 4.69) is 0 Å². The van der Waals surface area contributed by atoms with E-state index in [4.69, 9.17) is 14.4 Å². The summed E-state index contributed by atoms with van der Waals surface area (Å²) >= 11 is 1.25. The van der Waals surface area contributed by atoms with Gasteiger partial charge in [-0.05, 0) is 37.6 Å². The molecule has 1 amide bonds. The van der Waals surface area contributed by atoms with Crippen molar-refractivity contribution in [2.75, 3.05) is 13.7 Å². The molecule has 0 saturated carbocycles. The fraction of sp³-hybridized carbons (Fsp3) is 0.294. The van der Waals surface area contributed by atoms with Crippen molar-refractivity contribution < 1.29 is 24.0 Å². The fourth-order valence-electron chi connectivity index (χ4n) is 2.00. The number of thiophene rings is 1. The second kappa shape index (κ2) is 8.58. The van der Waals surface area contributed by atoms with Crippen molar-refractivity contribution >= 4 is 23.2 Å². The number of carbonyl (C=O) groups excluding carboxylic acids is 2. The van der Waals surface area contributed by atoms with Gasteiger partial charge < -0.3 is 4.74 Å². The number of nitrogens with zero attached hydrogens (tertiary/aromatic N) is 1. The standard InChI is InChI=1S/C17H19NO5S/c1-4-22-17(20)15-10-9-13(24-15)11-23-18(21-3)16(19)14-8-6-5-7-12(14)2/h5-10H,4,11H2,1-3H3. The Morgan fingerprint density at radius 1 is 1.17 bits per heavy atom. The molecule has 0 bridgehead atoms. The molecule has 6 nitrogen and oxygen atoms in total. The molecule has 7 heteroatoms. The summed E-state index contributed by atoms with van der Waals surface area (Å²) in [7, 11) is 1.36. The van der Waals surface area contributed by atoms with E-state index in [1.807, 2.05) is 19.1 Å². The molecule has 128 valence electrons. The number of benzene rings is 1. The Labute approximate surface area is 144 Å². The third-order valence-corrected chi connectivity index (χ3v) is 4.21. The first kappa shape index (κ1) is 18.1. The normalized spacial score (nSPS) is 10.5. The zero-order chi connectivity index (χ0) is 17.5. The lowest BCUT2D eigenvalue weighted by molar-refractivity contribution is -0.320. The largest absolute Gasteiger partial charge is 0.462 e. The molecular weight excluding hydrogens is 330 g/mol. The minimum atomic E-state index is -0.391. The lowest BCUT2D eigenvalue weighted by Crippen LogP contribution is -2.30. The number of hydrogen-bond acceptors (Lipinski definition) is 6. The third-order valence-electron chi connectivity index (χ3n) is 3.17. The van der Waals surface area contributed by atoms with Crippen molar-refractivity contribution in [3.05, 3.63) is 57.3 Å². The van der Waals surface area contributed by atoms with Crippen LogP contribution in [0.3, 0.4) is 0 Å². The predicted octanol–water partition coefficient (Wildman–Crippen LogP) is 3.37. The highest BCUT2D eigenvalue weighted by Crippen LogP contribution is 2.19. The Balaban J connectivity index is 2.00. The molecule has 0 fully saturated rings. The highest BCUT2D eigenvalue weighted by Gasteiger charge is 2.19. The van der Waals surface area contributed by atoms with E-state index in [-0.39, 0.29) is 12.6 Å². The summed E-state index contributed by atoms with van der Waals surface area (Å²) in [5.74, 6) is -0.758. The molecule has 0 aliphatic heterocycles. The Hall–Kier alpha value is -2.22. The molecule has 1 aromatic heterocycles. The Morgan fingerprint density at radius 3 is 2.58 bits per heavy atom. The average molecular weight is 349 g/mol. The number of ether oxygens (including phenoxy) is 1. The first-order chi connectivity index (χ1) is 11.6. The summed E-state index contributed by atoms with van der Waals surface area (Å²) in [6, 6.07) is 10.6. The third kappa shape index (κ3) is 4.41. The Morgan fingerprint density at radius 2 is 1.92 bits per heavy atom. The van der Waals surface area contributed by atoms with Crippen LogP contribution >= 0.6 is 11.3 Å². The molecule has 0 aliphatic rings. The van der Waals surface area contributed by atoms with Crippen molar-refractivity contribution in [3.63, 3.8) is 0 Å². The van der Waals surface area contributed by atoms with Crippen LogP contribution in [0.15, 0.2) is 36.4 Å². The summed E-state index contributed by atoms with van der Waals surface area (Å²) in [4.78, 5) is 35.8. The van der Waals surface area contributed by atoms with Gasteiger partial charge in [-0.2, -0.15) is 0 Å². The maximum atomic E-state index is 12.4. The first-order valence-corrected chi connectivity index (χ1v) is 8.21. The molecular formula is C17H19NO5S. The molecule has 1 heterocycles. The van der Waals surface area contributed by atoms with Crippen LogP contribution in [0, 0.1) is 6.92 Å². The quantitative estimate of drug-likeness (QED) is 0.566. The summed E-state index contributed by atoms with van der Waals surface area (Å²) in [6.45, 7) is 4.02. The van der Waals surface area contributed by atoms with Crippen LogP contribution in [0.2, 0.25) is 0 Å². The van der Waals surface area contributed by atoms with Crippen molar-refractivity contribution in [2.45, 2.75) is 20.5 Å². The van der Waals surface area contributed by atoms with Gasteiger partial charge in [0.25, 0.3) is 0 Å². The van der Waals surface area contributed by atoms with Gasteiger partial charge in [-0.3, -0.25) is 4.79 Å². The van der Waals surface area contributed by atoms with Crippen molar-refractivity contribution in [1.29, 1.82) is 0 Å². The van der Waals surface area contributed by atoms with Crippen LogP contribution in [0.4, 0.5) is 0 Å². The fourth-order valence-corrected chi connectivity index (χ4v) is 2.80. The summed E-state index contributed by atoms with van der Waals surface area (Å²) in [5.41, 5.74) is 1.33. The van der Waals surface area contributed by atoms with E-state index in [1.54, 1.807) is 31.2 Å². The zero-order valence-electron chi connectivity index (χ0n) is 13.8. The van der Waals surface area contributed by atoms with Gasteiger partial charge >= 0.3 is 11.9 Å². The first-order valence-electron chi connectivity index (χ1n) is 7.39. The molecule has 0 saturated heterocycles. The lowest BCUT2D eigenvalue weighted by atomic mass is 10.1. The van der Waals surface area contributed by atoms with Crippen molar-refractivity contribution in [3.8, 4) is 0 Å². The molecule has 1 aromatic carbocycles. The highest BCUT2D eigenvalue weighted by molar-refractivity contribution is 7.13. The van der Waals surface area contributed by atoms with E-state index < -0.39 is 5.91 Å². The number of hydrogen-bond donors (Lipinski definition) is 0. The summed E-state index contributed by atoms with van der Waals surface area (Å²) in [6.07, 6.45) is 0. The van der Waals surface area contributed by atoms with Crippen LogP contribution in [0.25, 0.3) is 0 Å². The van der Waals surface area contributed by atoms with Gasteiger partial charge in [-0.25, -0.2) is 14.5 Å². The van der Waals surface area contributed by atoms with E-state index in [9.17, 15) is 9.59 Å². The van der Waals surface area contributed by atoms with E-state index in [1.165, 1.54) is 18.4 Å². The molecule has 2 rings (SSSR count). The minimum Gasteiger partial charge on any atom is -0.462 e. The molecule has 0 aliphatic carbocycles. The second-order valence-electron chi connectivity index (χ2n) is 4.82. The molecule has 0 atom stereocenters. The monoisotopic (exact) mass is 349 g/mol. The van der Waals surface area contributed by atoms with Crippen molar-refractivity contribution in [2.24, 2.45) is 0 Å².